The molecule has 0 aliphatic rings. The molecule has 0 aliphatic heterocycles. The summed E-state index contributed by atoms with van der Waals surface area (Å²) in [4.78, 5) is 10.9. The Morgan fingerprint density at radius 1 is 1.00 bits per heavy atom. The van der Waals surface area contributed by atoms with E-state index in [-0.39, 0.29) is 0 Å². The Morgan fingerprint density at radius 2 is 1.76 bits per heavy atom. The lowest BCUT2D eigenvalue weighted by molar-refractivity contribution is 0.112. The lowest BCUT2D eigenvalue weighted by Gasteiger charge is -2.08. The van der Waals surface area contributed by atoms with E-state index in [2.05, 4.69) is 0 Å². The molecular formula is C13H8Cl2O2. The molecule has 0 atom stereocenters. The number of rotatable bonds is 3. The first-order valence-electron chi connectivity index (χ1n) is 4.87. The summed E-state index contributed by atoms with van der Waals surface area (Å²) in [5.74, 6) is 1.02. The van der Waals surface area contributed by atoms with Crippen LogP contribution >= 0.6 is 23.2 Å². The van der Waals surface area contributed by atoms with Gasteiger partial charge in [0.25, 0.3) is 0 Å². The Bertz CT molecular complexity index is 553. The molecule has 4 heteroatoms. The minimum Gasteiger partial charge on any atom is -0.457 e. The first-order chi connectivity index (χ1) is 8.19. The van der Waals surface area contributed by atoms with Gasteiger partial charge in [-0.2, -0.15) is 0 Å². The standard InChI is InChI=1S/C13H8Cl2O2/c14-10-2-1-3-12(7-10)17-13-5-4-11(15)6-9(13)8-16/h1-8H. The highest BCUT2D eigenvalue weighted by atomic mass is 35.5. The molecule has 0 unspecified atom stereocenters. The Kier molecular flexibility index (Phi) is 3.67. The molecule has 0 aliphatic carbocycles. The van der Waals surface area contributed by atoms with Crippen molar-refractivity contribution in [3.05, 3.63) is 58.1 Å². The van der Waals surface area contributed by atoms with Crippen LogP contribution in [0.25, 0.3) is 0 Å². The summed E-state index contributed by atoms with van der Waals surface area (Å²) in [6, 6.07) is 11.8. The van der Waals surface area contributed by atoms with Crippen LogP contribution in [0.3, 0.4) is 0 Å². The maximum Gasteiger partial charge on any atom is 0.153 e. The van der Waals surface area contributed by atoms with E-state index in [0.29, 0.717) is 33.4 Å². The van der Waals surface area contributed by atoms with Crippen LogP contribution in [0.1, 0.15) is 10.4 Å². The van der Waals surface area contributed by atoms with Crippen LogP contribution in [-0.4, -0.2) is 6.29 Å². The second kappa shape index (κ2) is 5.21. The van der Waals surface area contributed by atoms with Gasteiger partial charge in [0.1, 0.15) is 11.5 Å². The highest BCUT2D eigenvalue weighted by Gasteiger charge is 2.05. The minimum absolute atomic E-state index is 0.400. The van der Waals surface area contributed by atoms with Crippen LogP contribution < -0.4 is 4.74 Å². The van der Waals surface area contributed by atoms with Crippen LogP contribution in [0.2, 0.25) is 10.0 Å². The summed E-state index contributed by atoms with van der Waals surface area (Å²) < 4.78 is 5.56. The van der Waals surface area contributed by atoms with Gasteiger partial charge in [-0.25, -0.2) is 0 Å². The molecule has 17 heavy (non-hydrogen) atoms. The number of carbonyl (C=O) groups is 1. The fourth-order valence-electron chi connectivity index (χ4n) is 1.36. The largest absolute Gasteiger partial charge is 0.457 e. The third-order valence-corrected chi connectivity index (χ3v) is 2.59. The maximum absolute atomic E-state index is 10.9. The van der Waals surface area contributed by atoms with Crippen molar-refractivity contribution in [2.45, 2.75) is 0 Å². The van der Waals surface area contributed by atoms with Crippen molar-refractivity contribution in [2.24, 2.45) is 0 Å². The van der Waals surface area contributed by atoms with E-state index in [1.54, 1.807) is 42.5 Å². The Morgan fingerprint density at radius 3 is 2.47 bits per heavy atom. The average molecular weight is 267 g/mol. The third-order valence-electron chi connectivity index (χ3n) is 2.12. The lowest BCUT2D eigenvalue weighted by atomic mass is 10.2. The number of hydrogen-bond acceptors (Lipinski definition) is 2. The summed E-state index contributed by atoms with van der Waals surface area (Å²) >= 11 is 11.6. The molecule has 86 valence electrons. The first-order valence-corrected chi connectivity index (χ1v) is 5.63. The number of hydrogen-bond donors (Lipinski definition) is 0. The zero-order chi connectivity index (χ0) is 12.3. The van der Waals surface area contributed by atoms with Gasteiger partial charge < -0.3 is 4.74 Å². The number of aldehydes is 1. The summed E-state index contributed by atoms with van der Waals surface area (Å²) in [7, 11) is 0. The zero-order valence-electron chi connectivity index (χ0n) is 8.69. The fourth-order valence-corrected chi connectivity index (χ4v) is 1.72. The molecule has 0 heterocycles. The minimum atomic E-state index is 0.400. The predicted octanol–water partition coefficient (Wildman–Crippen LogP) is 4.60. The van der Waals surface area contributed by atoms with E-state index in [0.717, 1.165) is 0 Å². The van der Waals surface area contributed by atoms with Crippen molar-refractivity contribution >= 4 is 29.5 Å². The fraction of sp³-hybridized carbons (Fsp3) is 0. The summed E-state index contributed by atoms with van der Waals surface area (Å²) in [5.41, 5.74) is 0.400. The molecule has 0 N–H and O–H groups in total. The molecular weight excluding hydrogens is 259 g/mol. The number of benzene rings is 2. The lowest BCUT2D eigenvalue weighted by Crippen LogP contribution is -1.90. The van der Waals surface area contributed by atoms with Crippen LogP contribution in [0.15, 0.2) is 42.5 Å². The average Bonchev–Trinajstić information content (AvgIpc) is 2.31. The molecule has 0 saturated carbocycles. The molecule has 0 saturated heterocycles. The SMILES string of the molecule is O=Cc1cc(Cl)ccc1Oc1cccc(Cl)c1. The van der Waals surface area contributed by atoms with E-state index in [9.17, 15) is 4.79 Å². The van der Waals surface area contributed by atoms with Crippen molar-refractivity contribution in [2.75, 3.05) is 0 Å². The second-order valence-corrected chi connectivity index (χ2v) is 4.23. The molecule has 2 nitrogen and oxygen atoms in total. The maximum atomic E-state index is 10.9. The highest BCUT2D eigenvalue weighted by Crippen LogP contribution is 2.28. The number of ether oxygens (including phenoxy) is 1. The highest BCUT2D eigenvalue weighted by molar-refractivity contribution is 6.31. The Labute approximate surface area is 109 Å². The molecule has 2 rings (SSSR count). The van der Waals surface area contributed by atoms with Crippen molar-refractivity contribution in [3.63, 3.8) is 0 Å². The molecule has 2 aromatic carbocycles. The predicted molar refractivity (Wildman–Crippen MR) is 68.4 cm³/mol. The molecule has 0 fully saturated rings. The second-order valence-electron chi connectivity index (χ2n) is 3.36. The van der Waals surface area contributed by atoms with Crippen LogP contribution in [0, 0.1) is 0 Å². The van der Waals surface area contributed by atoms with Crippen LogP contribution in [0.5, 0.6) is 11.5 Å². The molecule has 2 aromatic rings. The van der Waals surface area contributed by atoms with E-state index in [4.69, 9.17) is 27.9 Å². The van der Waals surface area contributed by atoms with Crippen molar-refractivity contribution < 1.29 is 9.53 Å². The third kappa shape index (κ3) is 2.99. The van der Waals surface area contributed by atoms with Gasteiger partial charge >= 0.3 is 0 Å². The normalized spacial score (nSPS) is 10.0. The van der Waals surface area contributed by atoms with Gasteiger partial charge in [0, 0.05) is 10.0 Å². The molecule has 0 radical (unpaired) electrons. The smallest absolute Gasteiger partial charge is 0.153 e. The summed E-state index contributed by atoms with van der Waals surface area (Å²) in [6.07, 6.45) is 0.700. The van der Waals surface area contributed by atoms with E-state index in [1.165, 1.54) is 0 Å². The van der Waals surface area contributed by atoms with Crippen LogP contribution in [-0.2, 0) is 0 Å². The first kappa shape index (κ1) is 12.0. The quantitative estimate of drug-likeness (QED) is 0.760. The molecule has 0 amide bonds. The Hall–Kier alpha value is -1.51. The van der Waals surface area contributed by atoms with Crippen molar-refractivity contribution in [3.8, 4) is 11.5 Å². The summed E-state index contributed by atoms with van der Waals surface area (Å²) in [5, 5.41) is 1.06. The van der Waals surface area contributed by atoms with Crippen LogP contribution in [0.4, 0.5) is 0 Å². The van der Waals surface area contributed by atoms with E-state index >= 15 is 0 Å². The van der Waals surface area contributed by atoms with Gasteiger partial charge in [-0.3, -0.25) is 4.79 Å². The molecule has 0 spiro atoms. The monoisotopic (exact) mass is 266 g/mol. The molecule has 0 bridgehead atoms. The zero-order valence-corrected chi connectivity index (χ0v) is 10.2. The topological polar surface area (TPSA) is 26.3 Å². The van der Waals surface area contributed by atoms with E-state index in [1.807, 2.05) is 0 Å². The van der Waals surface area contributed by atoms with Gasteiger partial charge in [-0.15, -0.1) is 0 Å². The van der Waals surface area contributed by atoms with Crippen molar-refractivity contribution in [1.29, 1.82) is 0 Å². The van der Waals surface area contributed by atoms with Gasteiger partial charge in [0.05, 0.1) is 5.56 Å². The summed E-state index contributed by atoms with van der Waals surface area (Å²) in [6.45, 7) is 0. The van der Waals surface area contributed by atoms with Crippen molar-refractivity contribution in [1.82, 2.24) is 0 Å². The number of halogens is 2. The molecule has 0 aromatic heterocycles. The van der Waals surface area contributed by atoms with Gasteiger partial charge in [0.2, 0.25) is 0 Å². The van der Waals surface area contributed by atoms with Gasteiger partial charge in [-0.1, -0.05) is 29.3 Å². The van der Waals surface area contributed by atoms with Gasteiger partial charge in [-0.05, 0) is 36.4 Å². The number of carbonyl (C=O) groups excluding carboxylic acids is 1. The van der Waals surface area contributed by atoms with Gasteiger partial charge in [0.15, 0.2) is 6.29 Å². The van der Waals surface area contributed by atoms with E-state index < -0.39 is 0 Å². The Balaban J connectivity index is 2.32.